The van der Waals surface area contributed by atoms with Gasteiger partial charge in [0, 0.05) is 29.8 Å². The van der Waals surface area contributed by atoms with Crippen molar-refractivity contribution in [3.63, 3.8) is 0 Å². The normalized spacial score (nSPS) is 11.1. The Morgan fingerprint density at radius 1 is 1.12 bits per heavy atom. The Morgan fingerprint density at radius 3 is 2.53 bits per heavy atom. The average molecular weight is 496 g/mol. The third kappa shape index (κ3) is 7.30. The molecular formula is C24H25N5O3S2. The number of carbonyl (C=O) groups excluding carboxylic acids is 1. The Morgan fingerprint density at radius 2 is 1.88 bits per heavy atom. The molecule has 2 aromatic heterocycles. The monoisotopic (exact) mass is 495 g/mol. The third-order valence-electron chi connectivity index (χ3n) is 4.58. The molecule has 0 spiro atoms. The molecular weight excluding hydrogens is 470 g/mol. The minimum absolute atomic E-state index is 0.0584. The van der Waals surface area contributed by atoms with Crippen LogP contribution in [0.3, 0.4) is 0 Å². The lowest BCUT2D eigenvalue weighted by molar-refractivity contribution is -0.115. The van der Waals surface area contributed by atoms with Gasteiger partial charge in [-0.2, -0.15) is 5.26 Å². The highest BCUT2D eigenvalue weighted by Gasteiger charge is 2.15. The first-order chi connectivity index (χ1) is 16.3. The molecule has 0 atom stereocenters. The third-order valence-corrected chi connectivity index (χ3v) is 6.94. The minimum atomic E-state index is -3.78. The Bertz CT molecular complexity index is 1270. The van der Waals surface area contributed by atoms with Gasteiger partial charge in [0.2, 0.25) is 5.91 Å². The van der Waals surface area contributed by atoms with Gasteiger partial charge in [-0.05, 0) is 60.9 Å². The van der Waals surface area contributed by atoms with Crippen molar-refractivity contribution in [2.24, 2.45) is 5.92 Å². The van der Waals surface area contributed by atoms with E-state index in [1.54, 1.807) is 24.3 Å². The van der Waals surface area contributed by atoms with E-state index in [0.29, 0.717) is 27.9 Å². The molecule has 2 N–H and O–H groups in total. The van der Waals surface area contributed by atoms with Crippen molar-refractivity contribution in [3.05, 3.63) is 72.1 Å². The van der Waals surface area contributed by atoms with Gasteiger partial charge in [-0.1, -0.05) is 19.9 Å². The zero-order valence-electron chi connectivity index (χ0n) is 18.9. The van der Waals surface area contributed by atoms with Crippen LogP contribution in [0.4, 0.5) is 11.5 Å². The van der Waals surface area contributed by atoms with Crippen LogP contribution in [-0.4, -0.2) is 30.0 Å². The van der Waals surface area contributed by atoms with Crippen LogP contribution in [0, 0.1) is 17.2 Å². The lowest BCUT2D eigenvalue weighted by Crippen LogP contribution is -2.15. The van der Waals surface area contributed by atoms with Crippen molar-refractivity contribution in [1.82, 2.24) is 9.97 Å². The molecule has 0 aliphatic rings. The molecule has 0 aliphatic heterocycles. The van der Waals surface area contributed by atoms with E-state index in [-0.39, 0.29) is 23.0 Å². The number of hydrogen-bond donors (Lipinski definition) is 2. The summed E-state index contributed by atoms with van der Waals surface area (Å²) in [6.45, 7) is 4.21. The maximum absolute atomic E-state index is 12.5. The van der Waals surface area contributed by atoms with E-state index in [1.165, 1.54) is 42.2 Å². The fraction of sp³-hybridized carbons (Fsp3) is 0.250. The highest BCUT2D eigenvalue weighted by atomic mass is 32.2. The summed E-state index contributed by atoms with van der Waals surface area (Å²) in [5.74, 6) is 0.919. The molecule has 10 heteroatoms. The van der Waals surface area contributed by atoms with Crippen molar-refractivity contribution in [3.8, 4) is 6.07 Å². The molecule has 0 saturated heterocycles. The van der Waals surface area contributed by atoms with Crippen molar-refractivity contribution in [2.45, 2.75) is 36.6 Å². The summed E-state index contributed by atoms with van der Waals surface area (Å²) >= 11 is 1.37. The topological polar surface area (TPSA) is 125 Å². The van der Waals surface area contributed by atoms with Crippen molar-refractivity contribution in [1.29, 1.82) is 5.26 Å². The molecule has 3 aromatic rings. The number of carbonyl (C=O) groups is 1. The van der Waals surface area contributed by atoms with Crippen molar-refractivity contribution in [2.75, 3.05) is 15.8 Å². The quantitative estimate of drug-likeness (QED) is 0.398. The summed E-state index contributed by atoms with van der Waals surface area (Å²) in [4.78, 5) is 20.9. The second kappa shape index (κ2) is 11.6. The molecule has 8 nitrogen and oxygen atoms in total. The van der Waals surface area contributed by atoms with Crippen LogP contribution < -0.4 is 10.0 Å². The van der Waals surface area contributed by atoms with Gasteiger partial charge in [0.25, 0.3) is 10.0 Å². The summed E-state index contributed by atoms with van der Waals surface area (Å²) in [7, 11) is -3.78. The molecule has 1 aromatic carbocycles. The molecule has 0 aliphatic carbocycles. The molecule has 0 unspecified atom stereocenters. The SMILES string of the molecule is CC(C)Cc1ccc(C#N)c(SCCC(=O)Nc2ccc(S(=O)(=O)Nc3ccccn3)cc2)n1. The lowest BCUT2D eigenvalue weighted by Gasteiger charge is -2.10. The van der Waals surface area contributed by atoms with E-state index < -0.39 is 10.0 Å². The number of anilines is 2. The molecule has 3 rings (SSSR count). The fourth-order valence-corrected chi connectivity index (χ4v) is 4.95. The summed E-state index contributed by atoms with van der Waals surface area (Å²) in [6, 6.07) is 16.6. The molecule has 0 fully saturated rings. The molecule has 176 valence electrons. The van der Waals surface area contributed by atoms with Gasteiger partial charge in [0.05, 0.1) is 10.5 Å². The van der Waals surface area contributed by atoms with Gasteiger partial charge in [0.15, 0.2) is 0 Å². The van der Waals surface area contributed by atoms with Crippen LogP contribution in [0.2, 0.25) is 0 Å². The Balaban J connectivity index is 1.54. The minimum Gasteiger partial charge on any atom is -0.326 e. The number of hydrogen-bond acceptors (Lipinski definition) is 7. The second-order valence-corrected chi connectivity index (χ2v) is 10.6. The van der Waals surface area contributed by atoms with Crippen LogP contribution in [0.1, 0.15) is 31.5 Å². The first-order valence-corrected chi connectivity index (χ1v) is 13.1. The maximum Gasteiger partial charge on any atom is 0.263 e. The van der Waals surface area contributed by atoms with E-state index in [4.69, 9.17) is 0 Å². The Hall–Kier alpha value is -3.42. The van der Waals surface area contributed by atoms with Crippen molar-refractivity contribution >= 4 is 39.2 Å². The number of aromatic nitrogens is 2. The summed E-state index contributed by atoms with van der Waals surface area (Å²) in [5.41, 5.74) is 1.91. The van der Waals surface area contributed by atoms with Gasteiger partial charge in [-0.15, -0.1) is 11.8 Å². The van der Waals surface area contributed by atoms with Crippen LogP contribution in [0.25, 0.3) is 0 Å². The number of nitrogens with one attached hydrogen (secondary N) is 2. The first-order valence-electron chi connectivity index (χ1n) is 10.6. The molecule has 0 bridgehead atoms. The fourth-order valence-electron chi connectivity index (χ4n) is 3.01. The number of nitrogens with zero attached hydrogens (tertiary/aromatic N) is 3. The first kappa shape index (κ1) is 25.2. The van der Waals surface area contributed by atoms with Gasteiger partial charge >= 0.3 is 0 Å². The molecule has 1 amide bonds. The standard InChI is InChI=1S/C24H25N5O3S2/c1-17(2)15-20-7-6-18(16-25)24(28-20)33-14-12-23(30)27-19-8-10-21(11-9-19)34(31,32)29-22-5-3-4-13-26-22/h3-11,13,17H,12,14-15H2,1-2H3,(H,26,29)(H,27,30). The number of sulfonamides is 1. The van der Waals surface area contributed by atoms with Crippen LogP contribution in [-0.2, 0) is 21.2 Å². The largest absolute Gasteiger partial charge is 0.326 e. The number of thioether (sulfide) groups is 1. The van der Waals surface area contributed by atoms with Gasteiger partial charge in [0.1, 0.15) is 16.9 Å². The maximum atomic E-state index is 12.5. The van der Waals surface area contributed by atoms with Crippen LogP contribution >= 0.6 is 11.8 Å². The number of pyridine rings is 2. The van der Waals surface area contributed by atoms with Crippen LogP contribution in [0.5, 0.6) is 0 Å². The summed E-state index contributed by atoms with van der Waals surface area (Å²) in [5, 5.41) is 12.7. The molecule has 2 heterocycles. The average Bonchev–Trinajstić information content (AvgIpc) is 2.79. The highest BCUT2D eigenvalue weighted by molar-refractivity contribution is 7.99. The zero-order valence-corrected chi connectivity index (χ0v) is 20.5. The second-order valence-electron chi connectivity index (χ2n) is 7.86. The van der Waals surface area contributed by atoms with E-state index in [0.717, 1.165) is 12.1 Å². The van der Waals surface area contributed by atoms with E-state index in [1.807, 2.05) is 6.07 Å². The Kier molecular flexibility index (Phi) is 8.62. The lowest BCUT2D eigenvalue weighted by atomic mass is 10.1. The van der Waals surface area contributed by atoms with Gasteiger partial charge in [-0.25, -0.2) is 18.4 Å². The Labute approximate surface area is 203 Å². The van der Waals surface area contributed by atoms with E-state index in [2.05, 4.69) is 39.9 Å². The highest BCUT2D eigenvalue weighted by Crippen LogP contribution is 2.23. The zero-order chi connectivity index (χ0) is 24.6. The number of nitriles is 1. The van der Waals surface area contributed by atoms with Gasteiger partial charge < -0.3 is 5.32 Å². The molecule has 0 saturated carbocycles. The molecule has 0 radical (unpaired) electrons. The van der Waals surface area contributed by atoms with E-state index >= 15 is 0 Å². The molecule has 34 heavy (non-hydrogen) atoms. The summed E-state index contributed by atoms with van der Waals surface area (Å²) < 4.78 is 27.4. The number of benzene rings is 1. The van der Waals surface area contributed by atoms with Crippen molar-refractivity contribution < 1.29 is 13.2 Å². The number of amides is 1. The predicted octanol–water partition coefficient (Wildman–Crippen LogP) is 4.47. The number of rotatable bonds is 10. The smallest absolute Gasteiger partial charge is 0.263 e. The predicted molar refractivity (Wildman–Crippen MR) is 133 cm³/mol. The summed E-state index contributed by atoms with van der Waals surface area (Å²) in [6.07, 6.45) is 2.53. The van der Waals surface area contributed by atoms with Gasteiger partial charge in [-0.3, -0.25) is 9.52 Å². The van der Waals surface area contributed by atoms with E-state index in [9.17, 15) is 18.5 Å². The van der Waals surface area contributed by atoms with Crippen LogP contribution in [0.15, 0.2) is 70.7 Å².